The van der Waals surface area contributed by atoms with Gasteiger partial charge in [-0.05, 0) is 30.7 Å². The summed E-state index contributed by atoms with van der Waals surface area (Å²) < 4.78 is 5.18. The van der Waals surface area contributed by atoms with Gasteiger partial charge in [0.25, 0.3) is 5.91 Å². The summed E-state index contributed by atoms with van der Waals surface area (Å²) in [4.78, 5) is 39.0. The van der Waals surface area contributed by atoms with E-state index < -0.39 is 18.0 Å². The van der Waals surface area contributed by atoms with Crippen molar-refractivity contribution in [2.75, 3.05) is 32.1 Å². The molecular formula is C18H24N4O5. The Morgan fingerprint density at radius 3 is 2.48 bits per heavy atom. The summed E-state index contributed by atoms with van der Waals surface area (Å²) in [5.41, 5.74) is 6.86. The van der Waals surface area contributed by atoms with E-state index in [2.05, 4.69) is 5.32 Å². The van der Waals surface area contributed by atoms with Crippen molar-refractivity contribution < 1.29 is 24.2 Å². The summed E-state index contributed by atoms with van der Waals surface area (Å²) in [5.74, 6) is -0.502. The highest BCUT2D eigenvalue weighted by Crippen LogP contribution is 2.22. The van der Waals surface area contributed by atoms with Crippen LogP contribution in [0.2, 0.25) is 0 Å². The van der Waals surface area contributed by atoms with Crippen LogP contribution in [0.25, 0.3) is 0 Å². The minimum atomic E-state index is -1.15. The van der Waals surface area contributed by atoms with Crippen molar-refractivity contribution in [2.45, 2.75) is 31.0 Å². The number of rotatable bonds is 4. The number of carboxylic acid groups (broad SMARTS) is 1. The average molecular weight is 376 g/mol. The Bertz CT molecular complexity index is 723. The highest BCUT2D eigenvalue weighted by atomic mass is 16.5. The van der Waals surface area contributed by atoms with E-state index >= 15 is 0 Å². The van der Waals surface area contributed by atoms with Gasteiger partial charge >= 0.3 is 6.09 Å². The first-order chi connectivity index (χ1) is 12.9. The fourth-order valence-corrected chi connectivity index (χ4v) is 3.50. The molecule has 146 valence electrons. The molecule has 0 bridgehead atoms. The second kappa shape index (κ2) is 7.93. The van der Waals surface area contributed by atoms with E-state index in [1.807, 2.05) is 0 Å². The lowest BCUT2D eigenvalue weighted by Crippen LogP contribution is -2.42. The van der Waals surface area contributed by atoms with Crippen LogP contribution in [0, 0.1) is 0 Å². The number of hydrogen-bond donors (Lipinski definition) is 3. The molecule has 27 heavy (non-hydrogen) atoms. The maximum absolute atomic E-state index is 12.5. The summed E-state index contributed by atoms with van der Waals surface area (Å²) in [5, 5.41) is 12.0. The molecule has 1 unspecified atom stereocenters. The van der Waals surface area contributed by atoms with Gasteiger partial charge in [-0.25, -0.2) is 4.79 Å². The van der Waals surface area contributed by atoms with Crippen LogP contribution in [0.5, 0.6) is 0 Å². The zero-order valence-corrected chi connectivity index (χ0v) is 15.1. The molecule has 1 aromatic carbocycles. The van der Waals surface area contributed by atoms with E-state index in [0.29, 0.717) is 30.8 Å². The molecular weight excluding hydrogens is 352 g/mol. The number of likely N-dealkylation sites (tertiary alicyclic amines) is 2. The van der Waals surface area contributed by atoms with Crippen molar-refractivity contribution in [3.8, 4) is 0 Å². The Kier molecular flexibility index (Phi) is 5.62. The minimum Gasteiger partial charge on any atom is -0.465 e. The molecule has 1 aromatic rings. The van der Waals surface area contributed by atoms with Crippen LogP contribution in [0.4, 0.5) is 10.5 Å². The molecule has 3 amide bonds. The van der Waals surface area contributed by atoms with Gasteiger partial charge in [0.2, 0.25) is 5.91 Å². The van der Waals surface area contributed by atoms with E-state index in [9.17, 15) is 19.5 Å². The largest absolute Gasteiger partial charge is 0.465 e. The zero-order valence-electron chi connectivity index (χ0n) is 15.1. The summed E-state index contributed by atoms with van der Waals surface area (Å²) in [7, 11) is 1.49. The molecule has 2 heterocycles. The van der Waals surface area contributed by atoms with Crippen molar-refractivity contribution in [3.05, 3.63) is 29.8 Å². The predicted molar refractivity (Wildman–Crippen MR) is 97.5 cm³/mol. The number of ether oxygens (including phenoxy) is 1. The highest BCUT2D eigenvalue weighted by Gasteiger charge is 2.39. The molecule has 3 rings (SSSR count). The number of carbonyl (C=O) groups is 3. The van der Waals surface area contributed by atoms with Gasteiger partial charge in [-0.1, -0.05) is 0 Å². The van der Waals surface area contributed by atoms with E-state index in [1.165, 1.54) is 7.11 Å². The second-order valence-corrected chi connectivity index (χ2v) is 6.91. The first-order valence-corrected chi connectivity index (χ1v) is 8.87. The first kappa shape index (κ1) is 19.1. The van der Waals surface area contributed by atoms with Crippen molar-refractivity contribution in [2.24, 2.45) is 5.73 Å². The Hall–Kier alpha value is -2.65. The summed E-state index contributed by atoms with van der Waals surface area (Å²) in [6.45, 7) is 1.35. The Morgan fingerprint density at radius 1 is 1.22 bits per heavy atom. The van der Waals surface area contributed by atoms with Crippen molar-refractivity contribution >= 4 is 23.6 Å². The van der Waals surface area contributed by atoms with Crippen LogP contribution >= 0.6 is 0 Å². The number of methoxy groups -OCH3 is 1. The lowest BCUT2D eigenvalue weighted by molar-refractivity contribution is -0.120. The molecule has 3 atom stereocenters. The smallest absolute Gasteiger partial charge is 0.408 e. The molecule has 9 nitrogen and oxygen atoms in total. The molecule has 9 heteroatoms. The van der Waals surface area contributed by atoms with E-state index in [0.717, 1.165) is 11.3 Å². The Labute approximate surface area is 157 Å². The van der Waals surface area contributed by atoms with Crippen LogP contribution < -0.4 is 11.1 Å². The van der Waals surface area contributed by atoms with Gasteiger partial charge in [0.05, 0.1) is 12.6 Å². The van der Waals surface area contributed by atoms with Crippen molar-refractivity contribution in [1.82, 2.24) is 9.80 Å². The number of nitrogens with one attached hydrogen (secondary N) is 1. The number of carbonyl (C=O) groups excluding carboxylic acids is 2. The zero-order chi connectivity index (χ0) is 19.6. The third-order valence-corrected chi connectivity index (χ3v) is 5.06. The monoisotopic (exact) mass is 376 g/mol. The van der Waals surface area contributed by atoms with Crippen molar-refractivity contribution in [1.29, 1.82) is 0 Å². The lowest BCUT2D eigenvalue weighted by atomic mass is 10.1. The molecule has 0 saturated carbocycles. The molecule has 0 aliphatic carbocycles. The van der Waals surface area contributed by atoms with Gasteiger partial charge in [0, 0.05) is 43.9 Å². The maximum atomic E-state index is 12.5. The van der Waals surface area contributed by atoms with Gasteiger partial charge in [0.1, 0.15) is 6.04 Å². The third-order valence-electron chi connectivity index (χ3n) is 5.06. The second-order valence-electron chi connectivity index (χ2n) is 6.91. The SMILES string of the molecule is CO[C@@H]1C[C@H](C(=O)Nc2ccc(C(=O)N3CCC(N)C3)cc2)N(C(=O)O)C1. The van der Waals surface area contributed by atoms with Gasteiger partial charge in [-0.15, -0.1) is 0 Å². The topological polar surface area (TPSA) is 125 Å². The normalized spacial score (nSPS) is 24.9. The highest BCUT2D eigenvalue weighted by molar-refractivity contribution is 5.98. The van der Waals surface area contributed by atoms with Gasteiger partial charge < -0.3 is 25.8 Å². The average Bonchev–Trinajstić information content (AvgIpc) is 3.28. The molecule has 4 N–H and O–H groups in total. The fourth-order valence-electron chi connectivity index (χ4n) is 3.50. The number of amides is 3. The summed E-state index contributed by atoms with van der Waals surface area (Å²) in [6.07, 6.45) is -0.354. The first-order valence-electron chi connectivity index (χ1n) is 8.87. The number of anilines is 1. The lowest BCUT2D eigenvalue weighted by Gasteiger charge is -2.20. The molecule has 0 radical (unpaired) electrons. The number of nitrogens with zero attached hydrogens (tertiary/aromatic N) is 2. The van der Waals surface area contributed by atoms with Crippen LogP contribution in [-0.2, 0) is 9.53 Å². The van der Waals surface area contributed by atoms with Crippen LogP contribution in [0.15, 0.2) is 24.3 Å². The van der Waals surface area contributed by atoms with E-state index in [-0.39, 0.29) is 24.6 Å². The molecule has 2 saturated heterocycles. The van der Waals surface area contributed by atoms with Gasteiger partial charge in [0.15, 0.2) is 0 Å². The van der Waals surface area contributed by atoms with Crippen molar-refractivity contribution in [3.63, 3.8) is 0 Å². The van der Waals surface area contributed by atoms with Crippen LogP contribution in [0.3, 0.4) is 0 Å². The molecule has 2 aliphatic rings. The molecule has 2 fully saturated rings. The van der Waals surface area contributed by atoms with E-state index in [1.54, 1.807) is 29.2 Å². The van der Waals surface area contributed by atoms with E-state index in [4.69, 9.17) is 10.5 Å². The quantitative estimate of drug-likeness (QED) is 0.705. The Balaban J connectivity index is 1.63. The molecule has 0 spiro atoms. The molecule has 0 aromatic heterocycles. The minimum absolute atomic E-state index is 0.0204. The number of nitrogens with two attached hydrogens (primary N) is 1. The maximum Gasteiger partial charge on any atom is 0.408 e. The van der Waals surface area contributed by atoms with Gasteiger partial charge in [-0.2, -0.15) is 0 Å². The van der Waals surface area contributed by atoms with Gasteiger partial charge in [-0.3, -0.25) is 14.5 Å². The summed E-state index contributed by atoms with van der Waals surface area (Å²) in [6, 6.07) is 5.77. The fraction of sp³-hybridized carbons (Fsp3) is 0.500. The number of hydrogen-bond acceptors (Lipinski definition) is 5. The molecule has 2 aliphatic heterocycles. The number of benzene rings is 1. The predicted octanol–water partition coefficient (Wildman–Crippen LogP) is 0.566. The van der Waals surface area contributed by atoms with Crippen LogP contribution in [0.1, 0.15) is 23.2 Å². The van der Waals surface area contributed by atoms with Crippen LogP contribution in [-0.4, -0.2) is 77.7 Å². The standard InChI is InChI=1S/C18H24N4O5/c1-27-14-8-15(22(10-14)18(25)26)16(23)20-13-4-2-11(3-5-13)17(24)21-7-6-12(19)9-21/h2-5,12,14-15H,6-10,19H2,1H3,(H,20,23)(H,25,26)/t12?,14-,15-/m1/s1. The Morgan fingerprint density at radius 2 is 1.93 bits per heavy atom. The third kappa shape index (κ3) is 4.20. The summed E-state index contributed by atoms with van der Waals surface area (Å²) >= 11 is 0.